The van der Waals surface area contributed by atoms with Crippen molar-refractivity contribution in [2.24, 2.45) is 0 Å². The molecular weight excluding hydrogens is 285 g/mol. The van der Waals surface area contributed by atoms with Crippen LogP contribution in [0.15, 0.2) is 48.5 Å². The van der Waals surface area contributed by atoms with Crippen LogP contribution in [0.4, 0.5) is 14.9 Å². The number of urea groups is 1. The highest BCUT2D eigenvalue weighted by molar-refractivity contribution is 6.04. The summed E-state index contributed by atoms with van der Waals surface area (Å²) in [5.41, 5.74) is 7.31. The Balaban J connectivity index is 1.76. The Morgan fingerprint density at radius 1 is 1.00 bits per heavy atom. The summed E-state index contributed by atoms with van der Waals surface area (Å²) in [6.45, 7) is 0.340. The van der Waals surface area contributed by atoms with Crippen molar-refractivity contribution in [1.82, 2.24) is 10.6 Å². The highest BCUT2D eigenvalue weighted by atomic mass is 19.1. The van der Waals surface area contributed by atoms with Crippen LogP contribution in [0.3, 0.4) is 0 Å². The van der Waals surface area contributed by atoms with Gasteiger partial charge in [-0.25, -0.2) is 9.18 Å². The molecule has 0 aliphatic heterocycles. The summed E-state index contributed by atoms with van der Waals surface area (Å²) in [7, 11) is 0. The maximum atomic E-state index is 12.7. The number of carbonyl (C=O) groups is 2. The van der Waals surface area contributed by atoms with Crippen LogP contribution in [0.2, 0.25) is 0 Å². The second kappa shape index (κ2) is 7.21. The Bertz CT molecular complexity index is 654. The van der Waals surface area contributed by atoms with E-state index in [1.165, 1.54) is 24.3 Å². The minimum atomic E-state index is -0.580. The smallest absolute Gasteiger partial charge is 0.321 e. The second-order valence-corrected chi connectivity index (χ2v) is 4.71. The quantitative estimate of drug-likeness (QED) is 0.756. The lowest BCUT2D eigenvalue weighted by Crippen LogP contribution is -2.40. The Morgan fingerprint density at radius 2 is 1.64 bits per heavy atom. The molecule has 2 aromatic carbocycles. The number of anilines is 1. The molecule has 3 amide bonds. The molecule has 0 aromatic heterocycles. The Morgan fingerprint density at radius 3 is 2.27 bits per heavy atom. The van der Waals surface area contributed by atoms with Crippen molar-refractivity contribution in [3.63, 3.8) is 0 Å². The molecule has 2 rings (SSSR count). The van der Waals surface area contributed by atoms with Gasteiger partial charge in [-0.2, -0.15) is 0 Å². The predicted molar refractivity (Wildman–Crippen MR) is 81.8 cm³/mol. The van der Waals surface area contributed by atoms with Crippen LogP contribution in [-0.4, -0.2) is 18.5 Å². The van der Waals surface area contributed by atoms with Crippen LogP contribution in [0.1, 0.15) is 15.9 Å². The molecule has 0 aliphatic carbocycles. The Hall–Kier alpha value is -2.89. The highest BCUT2D eigenvalue weighted by Crippen LogP contribution is 2.05. The first-order valence-electron chi connectivity index (χ1n) is 6.74. The third-order valence-electron chi connectivity index (χ3n) is 3.01. The van der Waals surface area contributed by atoms with Crippen LogP contribution < -0.4 is 16.4 Å². The van der Waals surface area contributed by atoms with E-state index in [9.17, 15) is 14.0 Å². The average molecular weight is 301 g/mol. The number of nitrogens with two attached hydrogens (primary N) is 1. The molecule has 4 N–H and O–H groups in total. The summed E-state index contributed by atoms with van der Waals surface area (Å²) in [6, 6.07) is 11.7. The van der Waals surface area contributed by atoms with Crippen LogP contribution in [0.5, 0.6) is 0 Å². The van der Waals surface area contributed by atoms with Crippen molar-refractivity contribution in [2.75, 3.05) is 12.3 Å². The number of rotatable bonds is 4. The topological polar surface area (TPSA) is 84.2 Å². The molecule has 0 saturated carbocycles. The summed E-state index contributed by atoms with van der Waals surface area (Å²) in [6.07, 6.45) is 0.545. The number of imide groups is 1. The van der Waals surface area contributed by atoms with Crippen LogP contribution in [-0.2, 0) is 6.42 Å². The number of hydrogen-bond acceptors (Lipinski definition) is 3. The summed E-state index contributed by atoms with van der Waals surface area (Å²) in [5.74, 6) is -0.803. The maximum Gasteiger partial charge on any atom is 0.321 e. The first-order chi connectivity index (χ1) is 10.5. The van der Waals surface area contributed by atoms with Gasteiger partial charge in [0, 0.05) is 17.8 Å². The molecular formula is C16H16FN3O2. The standard InChI is InChI=1S/C16H16FN3O2/c17-13-5-1-11(2-6-13)9-10-19-16(22)20-15(21)12-3-7-14(18)8-4-12/h1-8H,9-10,18H2,(H2,19,20,21,22). The highest BCUT2D eigenvalue weighted by Gasteiger charge is 2.09. The zero-order chi connectivity index (χ0) is 15.9. The third-order valence-corrected chi connectivity index (χ3v) is 3.01. The van der Waals surface area contributed by atoms with E-state index in [0.717, 1.165) is 5.56 Å². The fourth-order valence-electron chi connectivity index (χ4n) is 1.83. The summed E-state index contributed by atoms with van der Waals surface area (Å²) in [5, 5.41) is 4.79. The molecule has 0 unspecified atom stereocenters. The molecule has 0 atom stereocenters. The number of nitrogen functional groups attached to an aromatic ring is 1. The van der Waals surface area contributed by atoms with Gasteiger partial charge >= 0.3 is 6.03 Å². The molecule has 114 valence electrons. The lowest BCUT2D eigenvalue weighted by Gasteiger charge is -2.07. The van der Waals surface area contributed by atoms with Crippen molar-refractivity contribution in [3.8, 4) is 0 Å². The largest absolute Gasteiger partial charge is 0.399 e. The zero-order valence-electron chi connectivity index (χ0n) is 11.8. The number of carbonyl (C=O) groups excluding carboxylic acids is 2. The van der Waals surface area contributed by atoms with Crippen molar-refractivity contribution in [1.29, 1.82) is 0 Å². The van der Waals surface area contributed by atoms with Gasteiger partial charge in [0.1, 0.15) is 5.82 Å². The van der Waals surface area contributed by atoms with Crippen molar-refractivity contribution in [3.05, 3.63) is 65.5 Å². The van der Waals surface area contributed by atoms with Gasteiger partial charge in [0.15, 0.2) is 0 Å². The van der Waals surface area contributed by atoms with Gasteiger partial charge in [-0.05, 0) is 48.4 Å². The van der Waals surface area contributed by atoms with Gasteiger partial charge < -0.3 is 11.1 Å². The number of nitrogens with one attached hydrogen (secondary N) is 2. The molecule has 0 fully saturated rings. The molecule has 0 aliphatic rings. The van der Waals surface area contributed by atoms with E-state index >= 15 is 0 Å². The van der Waals surface area contributed by atoms with Crippen molar-refractivity contribution >= 4 is 17.6 Å². The second-order valence-electron chi connectivity index (χ2n) is 4.71. The first-order valence-corrected chi connectivity index (χ1v) is 6.74. The van der Waals surface area contributed by atoms with Gasteiger partial charge in [-0.3, -0.25) is 10.1 Å². The number of halogens is 1. The molecule has 0 heterocycles. The summed E-state index contributed by atoms with van der Waals surface area (Å²) in [4.78, 5) is 23.4. The average Bonchev–Trinajstić information content (AvgIpc) is 2.50. The van der Waals surface area contributed by atoms with Gasteiger partial charge in [0.25, 0.3) is 5.91 Å². The predicted octanol–water partition coefficient (Wildman–Crippen LogP) is 2.09. The minimum Gasteiger partial charge on any atom is -0.399 e. The maximum absolute atomic E-state index is 12.7. The van der Waals surface area contributed by atoms with Gasteiger partial charge in [-0.1, -0.05) is 12.1 Å². The number of amides is 3. The lowest BCUT2D eigenvalue weighted by molar-refractivity contribution is 0.0964. The van der Waals surface area contributed by atoms with E-state index in [0.29, 0.717) is 24.2 Å². The fourth-order valence-corrected chi connectivity index (χ4v) is 1.83. The minimum absolute atomic E-state index is 0.302. The third kappa shape index (κ3) is 4.59. The molecule has 6 heteroatoms. The fraction of sp³-hybridized carbons (Fsp3) is 0.125. The molecule has 0 bridgehead atoms. The van der Waals surface area contributed by atoms with Crippen LogP contribution in [0, 0.1) is 5.82 Å². The van der Waals surface area contributed by atoms with E-state index in [1.54, 1.807) is 24.3 Å². The number of benzene rings is 2. The molecule has 0 radical (unpaired) electrons. The number of hydrogen-bond donors (Lipinski definition) is 3. The molecule has 0 saturated heterocycles. The van der Waals surface area contributed by atoms with Crippen LogP contribution >= 0.6 is 0 Å². The SMILES string of the molecule is Nc1ccc(C(=O)NC(=O)NCCc2ccc(F)cc2)cc1. The van der Waals surface area contributed by atoms with Gasteiger partial charge in [-0.15, -0.1) is 0 Å². The molecule has 0 spiro atoms. The summed E-state index contributed by atoms with van der Waals surface area (Å²) < 4.78 is 12.7. The van der Waals surface area contributed by atoms with E-state index in [1.807, 2.05) is 0 Å². The van der Waals surface area contributed by atoms with Crippen LogP contribution in [0.25, 0.3) is 0 Å². The Kier molecular flexibility index (Phi) is 5.08. The van der Waals surface area contributed by atoms with Gasteiger partial charge in [0.05, 0.1) is 0 Å². The molecule has 2 aromatic rings. The Labute approximate surface area is 127 Å². The normalized spacial score (nSPS) is 10.0. The zero-order valence-corrected chi connectivity index (χ0v) is 11.8. The lowest BCUT2D eigenvalue weighted by atomic mass is 10.1. The molecule has 22 heavy (non-hydrogen) atoms. The van der Waals surface area contributed by atoms with E-state index in [4.69, 9.17) is 5.73 Å². The van der Waals surface area contributed by atoms with E-state index in [-0.39, 0.29) is 5.82 Å². The van der Waals surface area contributed by atoms with Crippen molar-refractivity contribution < 1.29 is 14.0 Å². The van der Waals surface area contributed by atoms with Gasteiger partial charge in [0.2, 0.25) is 0 Å². The van der Waals surface area contributed by atoms with Crippen molar-refractivity contribution in [2.45, 2.75) is 6.42 Å². The summed E-state index contributed by atoms with van der Waals surface area (Å²) >= 11 is 0. The molecule has 5 nitrogen and oxygen atoms in total. The first kappa shape index (κ1) is 15.5. The van der Waals surface area contributed by atoms with E-state index in [2.05, 4.69) is 10.6 Å². The van der Waals surface area contributed by atoms with E-state index < -0.39 is 11.9 Å². The monoisotopic (exact) mass is 301 g/mol.